The highest BCUT2D eigenvalue weighted by Gasteiger charge is 2.49. The number of hydrogen-bond donors (Lipinski definition) is 2. The fourth-order valence-corrected chi connectivity index (χ4v) is 3.47. The molecule has 9 nitrogen and oxygen atoms in total. The summed E-state index contributed by atoms with van der Waals surface area (Å²) in [5.74, 6) is 0.519. The standard InChI is InChI=1S/C21H21N3O6/c1-21(13-7-8-16-17(11-13)30-10-9-29-16)19(26)24(20(27)23-21)12-18(25)22-14-5-3-4-6-15(14)28-2/h3-8,11H,9-10,12H2,1-2H3,(H,22,25)(H,23,27)/t21-/m0/s1. The number of benzene rings is 2. The van der Waals surface area contributed by atoms with E-state index in [-0.39, 0.29) is 0 Å². The number of fused-ring (bicyclic) bond motifs is 1. The van der Waals surface area contributed by atoms with Crippen LogP contribution in [0.3, 0.4) is 0 Å². The molecule has 0 saturated carbocycles. The van der Waals surface area contributed by atoms with Crippen molar-refractivity contribution in [1.82, 2.24) is 10.2 Å². The average molecular weight is 411 g/mol. The summed E-state index contributed by atoms with van der Waals surface area (Å²) in [6.45, 7) is 2.02. The lowest BCUT2D eigenvalue weighted by molar-refractivity contribution is -0.133. The van der Waals surface area contributed by atoms with Gasteiger partial charge in [-0.15, -0.1) is 0 Å². The van der Waals surface area contributed by atoms with E-state index in [9.17, 15) is 14.4 Å². The number of ether oxygens (including phenoxy) is 3. The molecule has 2 aromatic carbocycles. The SMILES string of the molecule is COc1ccccc1NC(=O)CN1C(=O)N[C@@](C)(c2ccc3c(c2)OCCO3)C1=O. The van der Waals surface area contributed by atoms with Gasteiger partial charge in [0.1, 0.15) is 31.0 Å². The Morgan fingerprint density at radius 1 is 1.17 bits per heavy atom. The van der Waals surface area contributed by atoms with Gasteiger partial charge in [-0.05, 0) is 36.8 Å². The lowest BCUT2D eigenvalue weighted by Crippen LogP contribution is -2.42. The average Bonchev–Trinajstić information content (AvgIpc) is 2.97. The van der Waals surface area contributed by atoms with E-state index in [0.29, 0.717) is 41.7 Å². The molecule has 2 heterocycles. The molecule has 156 valence electrons. The zero-order chi connectivity index (χ0) is 21.3. The second-order valence-electron chi connectivity index (χ2n) is 7.05. The fourth-order valence-electron chi connectivity index (χ4n) is 3.47. The van der Waals surface area contributed by atoms with Crippen LogP contribution in [-0.2, 0) is 15.1 Å². The molecule has 2 N–H and O–H groups in total. The number of nitrogens with one attached hydrogen (secondary N) is 2. The quantitative estimate of drug-likeness (QED) is 0.728. The molecule has 1 fully saturated rings. The summed E-state index contributed by atoms with van der Waals surface area (Å²) >= 11 is 0. The third-order valence-electron chi connectivity index (χ3n) is 5.08. The van der Waals surface area contributed by atoms with Gasteiger partial charge in [0.05, 0.1) is 12.8 Å². The number of carbonyl (C=O) groups excluding carboxylic acids is 3. The van der Waals surface area contributed by atoms with Gasteiger partial charge in [-0.3, -0.25) is 14.5 Å². The van der Waals surface area contributed by atoms with E-state index in [4.69, 9.17) is 14.2 Å². The molecule has 0 bridgehead atoms. The Balaban J connectivity index is 1.51. The van der Waals surface area contributed by atoms with E-state index in [0.717, 1.165) is 4.90 Å². The van der Waals surface area contributed by atoms with Gasteiger partial charge in [-0.25, -0.2) is 4.79 Å². The third-order valence-corrected chi connectivity index (χ3v) is 5.08. The van der Waals surface area contributed by atoms with E-state index in [1.54, 1.807) is 49.4 Å². The maximum Gasteiger partial charge on any atom is 0.325 e. The minimum absolute atomic E-state index is 0.405. The van der Waals surface area contributed by atoms with Gasteiger partial charge < -0.3 is 24.8 Å². The van der Waals surface area contributed by atoms with Crippen LogP contribution >= 0.6 is 0 Å². The summed E-state index contributed by atoms with van der Waals surface area (Å²) in [6.07, 6.45) is 0. The van der Waals surface area contributed by atoms with Crippen molar-refractivity contribution in [3.8, 4) is 17.2 Å². The largest absolute Gasteiger partial charge is 0.495 e. The van der Waals surface area contributed by atoms with Crippen molar-refractivity contribution in [2.24, 2.45) is 0 Å². The van der Waals surface area contributed by atoms with Crippen molar-refractivity contribution in [3.05, 3.63) is 48.0 Å². The molecule has 9 heteroatoms. The first-order valence-corrected chi connectivity index (χ1v) is 9.39. The Bertz CT molecular complexity index is 1020. The van der Waals surface area contributed by atoms with Crippen LogP contribution in [0.25, 0.3) is 0 Å². The number of urea groups is 1. The molecule has 1 atom stereocenters. The fraction of sp³-hybridized carbons (Fsp3) is 0.286. The maximum atomic E-state index is 13.1. The van der Waals surface area contributed by atoms with Crippen LogP contribution in [0, 0.1) is 0 Å². The lowest BCUT2D eigenvalue weighted by Gasteiger charge is -2.25. The van der Waals surface area contributed by atoms with E-state index in [1.165, 1.54) is 7.11 Å². The van der Waals surface area contributed by atoms with Crippen molar-refractivity contribution in [3.63, 3.8) is 0 Å². The van der Waals surface area contributed by atoms with E-state index >= 15 is 0 Å². The molecule has 0 spiro atoms. The summed E-state index contributed by atoms with van der Waals surface area (Å²) in [4.78, 5) is 39.0. The molecule has 2 aromatic rings. The molecule has 0 radical (unpaired) electrons. The second-order valence-corrected chi connectivity index (χ2v) is 7.05. The van der Waals surface area contributed by atoms with Crippen LogP contribution < -0.4 is 24.8 Å². The Morgan fingerprint density at radius 3 is 2.67 bits per heavy atom. The zero-order valence-corrected chi connectivity index (χ0v) is 16.6. The highest BCUT2D eigenvalue weighted by molar-refractivity contribution is 6.10. The Kier molecular flexibility index (Phi) is 4.94. The molecule has 2 aliphatic rings. The summed E-state index contributed by atoms with van der Waals surface area (Å²) in [7, 11) is 1.49. The van der Waals surface area contributed by atoms with Crippen molar-refractivity contribution < 1.29 is 28.6 Å². The summed E-state index contributed by atoms with van der Waals surface area (Å²) in [6, 6.07) is 11.3. The summed E-state index contributed by atoms with van der Waals surface area (Å²) in [5, 5.41) is 5.34. The van der Waals surface area contributed by atoms with E-state index in [2.05, 4.69) is 10.6 Å². The van der Waals surface area contributed by atoms with Crippen LogP contribution in [-0.4, -0.2) is 49.6 Å². The number of rotatable bonds is 5. The molecule has 0 unspecified atom stereocenters. The molecule has 0 aromatic heterocycles. The van der Waals surface area contributed by atoms with Gasteiger partial charge in [-0.2, -0.15) is 0 Å². The van der Waals surface area contributed by atoms with E-state index in [1.807, 2.05) is 0 Å². The molecule has 30 heavy (non-hydrogen) atoms. The van der Waals surface area contributed by atoms with Crippen LogP contribution in [0.4, 0.5) is 10.5 Å². The smallest absolute Gasteiger partial charge is 0.325 e. The molecule has 4 amide bonds. The number of methoxy groups -OCH3 is 1. The summed E-state index contributed by atoms with van der Waals surface area (Å²) in [5.41, 5.74) is -0.332. The number of nitrogens with zero attached hydrogens (tertiary/aromatic N) is 1. The van der Waals surface area contributed by atoms with Crippen LogP contribution in [0.5, 0.6) is 17.2 Å². The number of para-hydroxylation sites is 2. The number of imide groups is 1. The topological polar surface area (TPSA) is 106 Å². The van der Waals surface area contributed by atoms with Gasteiger partial charge >= 0.3 is 6.03 Å². The molecule has 2 aliphatic heterocycles. The minimum Gasteiger partial charge on any atom is -0.495 e. The summed E-state index contributed by atoms with van der Waals surface area (Å²) < 4.78 is 16.3. The first-order chi connectivity index (χ1) is 14.4. The predicted octanol–water partition coefficient (Wildman–Crippen LogP) is 1.87. The number of carbonyl (C=O) groups is 3. The number of hydrogen-bond acceptors (Lipinski definition) is 6. The van der Waals surface area contributed by atoms with Crippen molar-refractivity contribution >= 4 is 23.5 Å². The Morgan fingerprint density at radius 2 is 1.90 bits per heavy atom. The van der Waals surface area contributed by atoms with Gasteiger partial charge in [0.2, 0.25) is 5.91 Å². The van der Waals surface area contributed by atoms with Crippen LogP contribution in [0.15, 0.2) is 42.5 Å². The van der Waals surface area contributed by atoms with Crippen molar-refractivity contribution in [2.75, 3.05) is 32.2 Å². The van der Waals surface area contributed by atoms with Gasteiger partial charge in [-0.1, -0.05) is 18.2 Å². The predicted molar refractivity (Wildman–Crippen MR) is 107 cm³/mol. The molecular weight excluding hydrogens is 390 g/mol. The van der Waals surface area contributed by atoms with Gasteiger partial charge in [0.25, 0.3) is 5.91 Å². The highest BCUT2D eigenvalue weighted by atomic mass is 16.6. The Labute approximate surface area is 172 Å². The number of amides is 4. The molecular formula is C21H21N3O6. The van der Waals surface area contributed by atoms with Gasteiger partial charge in [0.15, 0.2) is 11.5 Å². The van der Waals surface area contributed by atoms with Crippen LogP contribution in [0.2, 0.25) is 0 Å². The van der Waals surface area contributed by atoms with Gasteiger partial charge in [0, 0.05) is 0 Å². The van der Waals surface area contributed by atoms with E-state index < -0.39 is 29.9 Å². The first kappa shape index (κ1) is 19.6. The van der Waals surface area contributed by atoms with Crippen LogP contribution in [0.1, 0.15) is 12.5 Å². The van der Waals surface area contributed by atoms with Crippen molar-refractivity contribution in [1.29, 1.82) is 0 Å². The minimum atomic E-state index is -1.32. The Hall–Kier alpha value is -3.75. The molecule has 4 rings (SSSR count). The van der Waals surface area contributed by atoms with Crippen molar-refractivity contribution in [2.45, 2.75) is 12.5 Å². The molecule has 0 aliphatic carbocycles. The number of anilines is 1. The zero-order valence-electron chi connectivity index (χ0n) is 16.6. The highest BCUT2D eigenvalue weighted by Crippen LogP contribution is 2.36. The monoisotopic (exact) mass is 411 g/mol. The second kappa shape index (κ2) is 7.58. The third kappa shape index (κ3) is 3.38. The first-order valence-electron chi connectivity index (χ1n) is 9.39. The molecule has 1 saturated heterocycles. The normalized spacial score (nSPS) is 20.0. The lowest BCUT2D eigenvalue weighted by atomic mass is 9.91. The maximum absolute atomic E-state index is 13.1.